The molecule has 0 saturated heterocycles. The van der Waals surface area contributed by atoms with Crippen molar-refractivity contribution in [2.24, 2.45) is 0 Å². The fourth-order valence-corrected chi connectivity index (χ4v) is 4.80. The highest BCUT2D eigenvalue weighted by atomic mass is 32.2. The first kappa shape index (κ1) is 19.4. The number of hydrogen-bond donors (Lipinski definition) is 2. The van der Waals surface area contributed by atoms with Crippen molar-refractivity contribution < 1.29 is 9.59 Å². The van der Waals surface area contributed by atoms with Crippen molar-refractivity contribution in [2.45, 2.75) is 5.16 Å². The van der Waals surface area contributed by atoms with Crippen LogP contribution in [0.3, 0.4) is 0 Å². The Morgan fingerprint density at radius 2 is 1.83 bits per heavy atom. The smallest absolute Gasteiger partial charge is 0.272 e. The van der Waals surface area contributed by atoms with Crippen molar-refractivity contribution in [2.75, 3.05) is 5.75 Å². The van der Waals surface area contributed by atoms with E-state index in [0.29, 0.717) is 25.9 Å². The lowest BCUT2D eigenvalue weighted by atomic mass is 10.3. The van der Waals surface area contributed by atoms with E-state index in [4.69, 9.17) is 0 Å². The molecule has 3 aromatic heterocycles. The number of nitrogens with one attached hydrogen (secondary N) is 2. The van der Waals surface area contributed by atoms with E-state index in [1.807, 2.05) is 35.7 Å². The van der Waals surface area contributed by atoms with Gasteiger partial charge in [-0.15, -0.1) is 22.7 Å². The Bertz CT molecular complexity index is 1220. The van der Waals surface area contributed by atoms with Gasteiger partial charge in [-0.2, -0.15) is 0 Å². The average Bonchev–Trinajstić information content (AvgIpc) is 3.43. The predicted molar refractivity (Wildman–Crippen MR) is 116 cm³/mol. The van der Waals surface area contributed by atoms with Gasteiger partial charge in [-0.3, -0.25) is 29.8 Å². The first-order valence-corrected chi connectivity index (χ1v) is 11.2. The zero-order chi connectivity index (χ0) is 20.2. The van der Waals surface area contributed by atoms with Gasteiger partial charge < -0.3 is 0 Å². The van der Waals surface area contributed by atoms with Crippen LogP contribution in [0, 0.1) is 0 Å². The lowest BCUT2D eigenvalue weighted by Gasteiger charge is -2.12. The second-order valence-electron chi connectivity index (χ2n) is 5.78. The molecular formula is C19H14N4O3S3. The largest absolute Gasteiger partial charge is 0.279 e. The topological polar surface area (TPSA) is 93.1 Å². The number of benzene rings is 1. The third-order valence-corrected chi connectivity index (χ3v) is 6.49. The number of nitrogens with zero attached hydrogens (tertiary/aromatic N) is 2. The molecule has 3 heterocycles. The van der Waals surface area contributed by atoms with Gasteiger partial charge in [-0.1, -0.05) is 36.0 Å². The number of amides is 2. The Labute approximate surface area is 177 Å². The molecule has 0 radical (unpaired) electrons. The molecule has 4 rings (SSSR count). The fraction of sp³-hybridized carbons (Fsp3) is 0.0526. The van der Waals surface area contributed by atoms with Crippen LogP contribution in [0.5, 0.6) is 0 Å². The van der Waals surface area contributed by atoms with Gasteiger partial charge in [0.1, 0.15) is 4.83 Å². The van der Waals surface area contributed by atoms with Crippen molar-refractivity contribution in [3.63, 3.8) is 0 Å². The zero-order valence-corrected chi connectivity index (χ0v) is 17.3. The van der Waals surface area contributed by atoms with E-state index in [1.165, 1.54) is 27.2 Å². The second-order valence-corrected chi connectivity index (χ2v) is 8.56. The standard InChI is InChI=1S/C19H14N4O3S3/c24-15(21-22-16(25)14-7-4-9-27-14)11-29-19-20-17-13(8-10-28-17)18(26)23(19)12-5-2-1-3-6-12/h1-10H,11H2,(H,21,24)(H,22,25). The Morgan fingerprint density at radius 1 is 1.00 bits per heavy atom. The van der Waals surface area contributed by atoms with E-state index in [0.717, 1.165) is 11.8 Å². The van der Waals surface area contributed by atoms with Gasteiger partial charge in [0, 0.05) is 0 Å². The van der Waals surface area contributed by atoms with E-state index in [-0.39, 0.29) is 17.2 Å². The number of hydrazine groups is 1. The summed E-state index contributed by atoms with van der Waals surface area (Å²) in [4.78, 5) is 42.7. The molecule has 0 unspecified atom stereocenters. The van der Waals surface area contributed by atoms with Gasteiger partial charge >= 0.3 is 0 Å². The van der Waals surface area contributed by atoms with Crippen molar-refractivity contribution >= 4 is 56.5 Å². The van der Waals surface area contributed by atoms with Gasteiger partial charge in [0.05, 0.1) is 21.7 Å². The van der Waals surface area contributed by atoms with Crippen LogP contribution in [0.25, 0.3) is 15.9 Å². The summed E-state index contributed by atoms with van der Waals surface area (Å²) in [5.41, 5.74) is 5.25. The Hall–Kier alpha value is -2.95. The van der Waals surface area contributed by atoms with Crippen LogP contribution in [0.2, 0.25) is 0 Å². The van der Waals surface area contributed by atoms with Crippen molar-refractivity contribution in [3.05, 3.63) is 74.5 Å². The van der Waals surface area contributed by atoms with E-state index in [9.17, 15) is 14.4 Å². The molecule has 0 atom stereocenters. The predicted octanol–water partition coefficient (Wildman–Crippen LogP) is 3.06. The monoisotopic (exact) mass is 442 g/mol. The molecule has 29 heavy (non-hydrogen) atoms. The van der Waals surface area contributed by atoms with Crippen LogP contribution in [0.4, 0.5) is 0 Å². The highest BCUT2D eigenvalue weighted by Crippen LogP contribution is 2.23. The summed E-state index contributed by atoms with van der Waals surface area (Å²) in [5, 5.41) is 4.55. The Kier molecular flexibility index (Phi) is 5.74. The van der Waals surface area contributed by atoms with Crippen LogP contribution in [0.1, 0.15) is 9.67 Å². The van der Waals surface area contributed by atoms with Crippen LogP contribution < -0.4 is 16.4 Å². The number of aromatic nitrogens is 2. The van der Waals surface area contributed by atoms with Crippen molar-refractivity contribution in [1.82, 2.24) is 20.4 Å². The number of para-hydroxylation sites is 1. The summed E-state index contributed by atoms with van der Waals surface area (Å²) in [7, 11) is 0. The molecule has 4 aromatic rings. The maximum absolute atomic E-state index is 13.0. The Morgan fingerprint density at radius 3 is 2.59 bits per heavy atom. The van der Waals surface area contributed by atoms with Gasteiger partial charge in [-0.05, 0) is 35.0 Å². The van der Waals surface area contributed by atoms with Crippen LogP contribution in [0.15, 0.2) is 69.2 Å². The molecule has 0 aliphatic rings. The molecule has 10 heteroatoms. The Balaban J connectivity index is 1.52. The number of carbonyl (C=O) groups is 2. The maximum atomic E-state index is 13.0. The van der Waals surface area contributed by atoms with Gasteiger partial charge in [0.15, 0.2) is 5.16 Å². The molecule has 0 bridgehead atoms. The molecular weight excluding hydrogens is 428 g/mol. The fourth-order valence-electron chi connectivity index (χ4n) is 2.56. The van der Waals surface area contributed by atoms with E-state index < -0.39 is 5.91 Å². The second kappa shape index (κ2) is 8.60. The minimum Gasteiger partial charge on any atom is -0.272 e. The first-order chi connectivity index (χ1) is 14.1. The zero-order valence-electron chi connectivity index (χ0n) is 14.8. The molecule has 7 nitrogen and oxygen atoms in total. The summed E-state index contributed by atoms with van der Waals surface area (Å²) in [6, 6.07) is 14.3. The minimum atomic E-state index is -0.403. The lowest BCUT2D eigenvalue weighted by Crippen LogP contribution is -2.42. The maximum Gasteiger partial charge on any atom is 0.279 e. The van der Waals surface area contributed by atoms with E-state index in [2.05, 4.69) is 15.8 Å². The SMILES string of the molecule is O=C(CSc1nc2sccc2c(=O)n1-c1ccccc1)NNC(=O)c1cccs1. The molecule has 0 spiro atoms. The number of thioether (sulfide) groups is 1. The summed E-state index contributed by atoms with van der Waals surface area (Å²) in [6.45, 7) is 0. The van der Waals surface area contributed by atoms with Gasteiger partial charge in [-0.25, -0.2) is 4.98 Å². The molecule has 0 fully saturated rings. The van der Waals surface area contributed by atoms with E-state index in [1.54, 1.807) is 23.6 Å². The number of rotatable bonds is 5. The lowest BCUT2D eigenvalue weighted by molar-refractivity contribution is -0.119. The number of hydrogen-bond acceptors (Lipinski definition) is 7. The van der Waals surface area contributed by atoms with Crippen LogP contribution in [-0.2, 0) is 4.79 Å². The van der Waals surface area contributed by atoms with Gasteiger partial charge in [0.2, 0.25) is 5.91 Å². The number of carbonyl (C=O) groups excluding carboxylic acids is 2. The molecule has 0 saturated carbocycles. The summed E-state index contributed by atoms with van der Waals surface area (Å²) < 4.78 is 1.50. The minimum absolute atomic E-state index is 0.0130. The van der Waals surface area contributed by atoms with Crippen LogP contribution >= 0.6 is 34.4 Å². The molecule has 2 N–H and O–H groups in total. The van der Waals surface area contributed by atoms with Crippen molar-refractivity contribution in [3.8, 4) is 5.69 Å². The normalized spacial score (nSPS) is 10.8. The van der Waals surface area contributed by atoms with Crippen LogP contribution in [-0.4, -0.2) is 27.1 Å². The highest BCUT2D eigenvalue weighted by Gasteiger charge is 2.16. The third kappa shape index (κ3) is 4.24. The molecule has 1 aromatic carbocycles. The average molecular weight is 443 g/mol. The van der Waals surface area contributed by atoms with Crippen molar-refractivity contribution in [1.29, 1.82) is 0 Å². The highest BCUT2D eigenvalue weighted by molar-refractivity contribution is 7.99. The number of fused-ring (bicyclic) bond motifs is 1. The molecule has 146 valence electrons. The third-order valence-electron chi connectivity index (χ3n) is 3.87. The van der Waals surface area contributed by atoms with Gasteiger partial charge in [0.25, 0.3) is 11.5 Å². The summed E-state index contributed by atoms with van der Waals surface area (Å²) in [6.07, 6.45) is 0. The molecule has 0 aliphatic heterocycles. The quantitative estimate of drug-likeness (QED) is 0.282. The first-order valence-electron chi connectivity index (χ1n) is 8.44. The molecule has 2 amide bonds. The number of thiophene rings is 2. The molecule has 0 aliphatic carbocycles. The summed E-state index contributed by atoms with van der Waals surface area (Å²) >= 11 is 3.78. The summed E-state index contributed by atoms with van der Waals surface area (Å²) in [5.74, 6) is -0.793. The van der Waals surface area contributed by atoms with E-state index >= 15 is 0 Å².